The van der Waals surface area contributed by atoms with Crippen LogP contribution in [0.5, 0.6) is 5.75 Å². The number of aromatic hydroxyl groups is 1. The third kappa shape index (κ3) is 6.40. The van der Waals surface area contributed by atoms with Crippen molar-refractivity contribution in [3.8, 4) is 17.0 Å². The molecule has 0 bridgehead atoms. The number of aromatic nitrogens is 2. The summed E-state index contributed by atoms with van der Waals surface area (Å²) in [5, 5.41) is 20.4. The van der Waals surface area contributed by atoms with Crippen LogP contribution in [0.3, 0.4) is 0 Å². The van der Waals surface area contributed by atoms with Gasteiger partial charge in [0.1, 0.15) is 11.6 Å². The average Bonchev–Trinajstić information content (AvgIpc) is 3.63. The van der Waals surface area contributed by atoms with Crippen molar-refractivity contribution >= 4 is 17.6 Å². The lowest BCUT2D eigenvalue weighted by Gasteiger charge is -2.12. The molecule has 0 atom stereocenters. The predicted octanol–water partition coefficient (Wildman–Crippen LogP) is 7.08. The van der Waals surface area contributed by atoms with E-state index in [1.807, 2.05) is 0 Å². The number of anilines is 1. The number of rotatable bonds is 6. The second-order valence-electron chi connectivity index (χ2n) is 9.90. The highest BCUT2D eigenvalue weighted by Crippen LogP contribution is 2.38. The Kier molecular flexibility index (Phi) is 7.78. The Hall–Kier alpha value is -4.67. The Bertz CT molecular complexity index is 1590. The fourth-order valence-corrected chi connectivity index (χ4v) is 4.96. The summed E-state index contributed by atoms with van der Waals surface area (Å²) in [4.78, 5) is 25.9. The lowest BCUT2D eigenvalue weighted by Crippen LogP contribution is -2.30. The zero-order valence-electron chi connectivity index (χ0n) is 21.7. The maximum Gasteiger partial charge on any atom is 0.416 e. The zero-order chi connectivity index (χ0) is 29.1. The molecule has 7 nitrogen and oxygen atoms in total. The summed E-state index contributed by atoms with van der Waals surface area (Å²) in [6.07, 6.45) is -0.874. The van der Waals surface area contributed by atoms with Crippen molar-refractivity contribution in [3.63, 3.8) is 0 Å². The number of carbonyl (C=O) groups is 2. The molecule has 0 saturated heterocycles. The summed E-state index contributed by atoms with van der Waals surface area (Å²) >= 11 is 0. The molecule has 0 unspecified atom stereocenters. The van der Waals surface area contributed by atoms with Crippen molar-refractivity contribution in [1.82, 2.24) is 15.1 Å². The molecule has 41 heavy (non-hydrogen) atoms. The number of halogens is 4. The number of amides is 2. The lowest BCUT2D eigenvalue weighted by atomic mass is 10.0. The van der Waals surface area contributed by atoms with E-state index in [1.165, 1.54) is 41.1 Å². The summed E-state index contributed by atoms with van der Waals surface area (Å²) in [5.41, 5.74) is 0.826. The second kappa shape index (κ2) is 11.4. The highest BCUT2D eigenvalue weighted by molar-refractivity contribution is 6.04. The molecule has 1 aliphatic carbocycles. The highest BCUT2D eigenvalue weighted by Gasteiger charge is 2.31. The normalized spacial score (nSPS) is 13.8. The van der Waals surface area contributed by atoms with Gasteiger partial charge in [-0.1, -0.05) is 31.0 Å². The monoisotopic (exact) mass is 566 g/mol. The SMILES string of the molecule is O=C(Nc1ccc(O)c(-c2cc(C3CCCC3)n(C(=O)NCc3cccc(F)c3)n2)c1)c1cccc(C(F)(F)F)c1. The Balaban J connectivity index is 1.41. The number of phenolic OH excluding ortho intramolecular Hbond substituents is 1. The highest BCUT2D eigenvalue weighted by atomic mass is 19.4. The fraction of sp³-hybridized carbons (Fsp3) is 0.233. The maximum atomic E-state index is 13.6. The van der Waals surface area contributed by atoms with Gasteiger partial charge >= 0.3 is 12.2 Å². The van der Waals surface area contributed by atoms with Crippen LogP contribution in [-0.4, -0.2) is 26.8 Å². The van der Waals surface area contributed by atoms with Crippen LogP contribution in [0.4, 0.5) is 28.0 Å². The minimum Gasteiger partial charge on any atom is -0.507 e. The minimum atomic E-state index is -4.60. The number of benzene rings is 3. The average molecular weight is 567 g/mol. The number of alkyl halides is 3. The van der Waals surface area contributed by atoms with E-state index in [4.69, 9.17) is 0 Å². The molecule has 1 saturated carbocycles. The number of carbonyl (C=O) groups excluding carboxylic acids is 2. The molecular weight excluding hydrogens is 540 g/mol. The van der Waals surface area contributed by atoms with E-state index >= 15 is 0 Å². The molecular formula is C30H26F4N4O3. The molecule has 0 spiro atoms. The summed E-state index contributed by atoms with van der Waals surface area (Å²) in [6, 6.07) is 15.3. The number of nitrogens with zero attached hydrogens (tertiary/aromatic N) is 2. The van der Waals surface area contributed by atoms with E-state index in [9.17, 15) is 32.3 Å². The molecule has 1 heterocycles. The van der Waals surface area contributed by atoms with Crippen molar-refractivity contribution < 1.29 is 32.3 Å². The van der Waals surface area contributed by atoms with Gasteiger partial charge in [0.25, 0.3) is 5.91 Å². The van der Waals surface area contributed by atoms with Gasteiger partial charge in [-0.3, -0.25) is 4.79 Å². The van der Waals surface area contributed by atoms with Crippen LogP contribution in [0.25, 0.3) is 11.3 Å². The van der Waals surface area contributed by atoms with E-state index in [2.05, 4.69) is 15.7 Å². The molecule has 0 radical (unpaired) electrons. The van der Waals surface area contributed by atoms with Crippen LogP contribution in [0.1, 0.15) is 58.8 Å². The van der Waals surface area contributed by atoms with Crippen LogP contribution in [0.2, 0.25) is 0 Å². The first-order valence-corrected chi connectivity index (χ1v) is 13.0. The zero-order valence-corrected chi connectivity index (χ0v) is 21.7. The fourth-order valence-electron chi connectivity index (χ4n) is 4.96. The van der Waals surface area contributed by atoms with E-state index < -0.39 is 29.5 Å². The van der Waals surface area contributed by atoms with Gasteiger partial charge in [-0.25, -0.2) is 9.18 Å². The van der Waals surface area contributed by atoms with Gasteiger partial charge in [-0.15, -0.1) is 0 Å². The Morgan fingerprint density at radius 1 is 0.976 bits per heavy atom. The molecule has 11 heteroatoms. The van der Waals surface area contributed by atoms with Gasteiger partial charge in [-0.2, -0.15) is 23.0 Å². The van der Waals surface area contributed by atoms with Crippen molar-refractivity contribution in [1.29, 1.82) is 0 Å². The van der Waals surface area contributed by atoms with Gasteiger partial charge in [0, 0.05) is 29.3 Å². The topological polar surface area (TPSA) is 96.2 Å². The lowest BCUT2D eigenvalue weighted by molar-refractivity contribution is -0.137. The van der Waals surface area contributed by atoms with Crippen LogP contribution in [-0.2, 0) is 12.7 Å². The van der Waals surface area contributed by atoms with Crippen LogP contribution in [0, 0.1) is 5.82 Å². The van der Waals surface area contributed by atoms with Crippen molar-refractivity contribution in [2.45, 2.75) is 44.3 Å². The molecule has 212 valence electrons. The van der Waals surface area contributed by atoms with Gasteiger partial charge in [-0.05, 0) is 73.0 Å². The van der Waals surface area contributed by atoms with E-state index in [-0.39, 0.29) is 40.7 Å². The molecule has 1 aromatic heterocycles. The van der Waals surface area contributed by atoms with Crippen molar-refractivity contribution in [3.05, 3.63) is 101 Å². The predicted molar refractivity (Wildman–Crippen MR) is 144 cm³/mol. The second-order valence-corrected chi connectivity index (χ2v) is 9.90. The third-order valence-electron chi connectivity index (χ3n) is 7.02. The number of phenols is 1. The Labute approximate surface area is 232 Å². The van der Waals surface area contributed by atoms with E-state index in [1.54, 1.807) is 18.2 Å². The van der Waals surface area contributed by atoms with Crippen LogP contribution >= 0.6 is 0 Å². The molecule has 1 aliphatic rings. The molecule has 3 N–H and O–H groups in total. The number of nitrogens with one attached hydrogen (secondary N) is 2. The van der Waals surface area contributed by atoms with Gasteiger partial charge in [0.15, 0.2) is 0 Å². The van der Waals surface area contributed by atoms with Crippen LogP contribution in [0.15, 0.2) is 72.8 Å². The molecule has 3 aromatic carbocycles. The summed E-state index contributed by atoms with van der Waals surface area (Å²) in [5.74, 6) is -1.27. The molecule has 4 aromatic rings. The first-order chi connectivity index (χ1) is 19.6. The van der Waals surface area contributed by atoms with Crippen LogP contribution < -0.4 is 10.6 Å². The van der Waals surface area contributed by atoms with Gasteiger partial charge < -0.3 is 15.7 Å². The van der Waals surface area contributed by atoms with Crippen molar-refractivity contribution in [2.24, 2.45) is 0 Å². The minimum absolute atomic E-state index is 0.0714. The van der Waals surface area contributed by atoms with E-state index in [0.29, 0.717) is 11.3 Å². The number of hydrogen-bond donors (Lipinski definition) is 3. The largest absolute Gasteiger partial charge is 0.507 e. The quantitative estimate of drug-likeness (QED) is 0.172. The smallest absolute Gasteiger partial charge is 0.416 e. The molecule has 5 rings (SSSR count). The van der Waals surface area contributed by atoms with Gasteiger partial charge in [0.05, 0.1) is 17.0 Å². The summed E-state index contributed by atoms with van der Waals surface area (Å²) in [6.45, 7) is 0.0815. The van der Waals surface area contributed by atoms with E-state index in [0.717, 1.165) is 43.9 Å². The maximum absolute atomic E-state index is 13.6. The first kappa shape index (κ1) is 27.9. The Morgan fingerprint density at radius 2 is 1.73 bits per heavy atom. The van der Waals surface area contributed by atoms with Gasteiger partial charge in [0.2, 0.25) is 0 Å². The third-order valence-corrected chi connectivity index (χ3v) is 7.02. The first-order valence-electron chi connectivity index (χ1n) is 13.0. The van der Waals surface area contributed by atoms with Crippen molar-refractivity contribution in [2.75, 3.05) is 5.32 Å². The standard InChI is InChI=1S/C30H26F4N4O3/c31-22-10-3-5-18(13-22)17-35-29(41)38-26(19-6-1-2-7-19)16-25(37-38)24-15-23(11-12-27(24)39)36-28(40)20-8-4-9-21(14-20)30(32,33)34/h3-5,8-16,19,39H,1-2,6-7,17H2,(H,35,41)(H,36,40). The molecule has 1 fully saturated rings. The molecule has 2 amide bonds. The molecule has 0 aliphatic heterocycles. The Morgan fingerprint density at radius 3 is 2.46 bits per heavy atom. The number of hydrogen-bond acceptors (Lipinski definition) is 4. The summed E-state index contributed by atoms with van der Waals surface area (Å²) in [7, 11) is 0. The summed E-state index contributed by atoms with van der Waals surface area (Å²) < 4.78 is 54.1.